The van der Waals surface area contributed by atoms with Crippen LogP contribution in [0.1, 0.15) is 28.5 Å². The zero-order chi connectivity index (χ0) is 17.1. The lowest BCUT2D eigenvalue weighted by atomic mass is 10.1. The van der Waals surface area contributed by atoms with Crippen LogP contribution in [0.2, 0.25) is 0 Å². The van der Waals surface area contributed by atoms with Gasteiger partial charge in [0.1, 0.15) is 6.07 Å². The van der Waals surface area contributed by atoms with Crippen LogP contribution < -0.4 is 11.1 Å². The Morgan fingerprint density at radius 2 is 2.09 bits per heavy atom. The van der Waals surface area contributed by atoms with E-state index in [1.54, 1.807) is 18.2 Å². The Morgan fingerprint density at radius 3 is 2.61 bits per heavy atom. The molecule has 1 heterocycles. The first-order valence-electron chi connectivity index (χ1n) is 6.77. The minimum atomic E-state index is -0.632. The Labute approximate surface area is 133 Å². The lowest BCUT2D eigenvalue weighted by molar-refractivity contribution is -0.114. The van der Waals surface area contributed by atoms with Gasteiger partial charge in [-0.15, -0.1) is 0 Å². The fourth-order valence-electron chi connectivity index (χ4n) is 2.25. The van der Waals surface area contributed by atoms with Gasteiger partial charge >= 0.3 is 5.97 Å². The number of nitrogens with two attached hydrogens (primary N) is 1. The average Bonchev–Trinajstić information content (AvgIpc) is 2.85. The molecule has 0 saturated heterocycles. The molecule has 0 aliphatic heterocycles. The highest BCUT2D eigenvalue weighted by Gasteiger charge is 2.21. The lowest BCUT2D eigenvalue weighted by Crippen LogP contribution is -2.12. The Balaban J connectivity index is 2.58. The number of anilines is 2. The molecular formula is C16H16N4O3. The summed E-state index contributed by atoms with van der Waals surface area (Å²) in [5, 5.41) is 11.8. The highest BCUT2D eigenvalue weighted by atomic mass is 16.5. The second kappa shape index (κ2) is 6.23. The van der Waals surface area contributed by atoms with Gasteiger partial charge in [-0.25, -0.2) is 4.79 Å². The summed E-state index contributed by atoms with van der Waals surface area (Å²) in [5.41, 5.74) is 8.32. The molecule has 2 aromatic rings. The van der Waals surface area contributed by atoms with Gasteiger partial charge in [0.25, 0.3) is 0 Å². The van der Waals surface area contributed by atoms with Crippen LogP contribution in [0, 0.1) is 18.3 Å². The van der Waals surface area contributed by atoms with E-state index in [9.17, 15) is 9.59 Å². The van der Waals surface area contributed by atoms with Crippen molar-refractivity contribution in [1.29, 1.82) is 5.26 Å². The monoisotopic (exact) mass is 312 g/mol. The van der Waals surface area contributed by atoms with E-state index < -0.39 is 5.97 Å². The topological polar surface area (TPSA) is 110 Å². The molecule has 7 heteroatoms. The average molecular weight is 312 g/mol. The zero-order valence-electron chi connectivity index (χ0n) is 13.0. The van der Waals surface area contributed by atoms with E-state index in [1.807, 2.05) is 13.0 Å². The number of benzene rings is 1. The van der Waals surface area contributed by atoms with Crippen molar-refractivity contribution in [1.82, 2.24) is 4.57 Å². The van der Waals surface area contributed by atoms with Gasteiger partial charge in [0.2, 0.25) is 5.91 Å². The Hall–Kier alpha value is -3.27. The Morgan fingerprint density at radius 1 is 1.39 bits per heavy atom. The minimum absolute atomic E-state index is 0.0722. The van der Waals surface area contributed by atoms with E-state index in [0.29, 0.717) is 11.4 Å². The molecule has 3 N–H and O–H groups in total. The number of ether oxygens (including phenoxy) is 1. The van der Waals surface area contributed by atoms with Crippen LogP contribution in [0.3, 0.4) is 0 Å². The number of hydrogen-bond acceptors (Lipinski definition) is 5. The van der Waals surface area contributed by atoms with Crippen LogP contribution in [-0.4, -0.2) is 23.6 Å². The number of amides is 1. The van der Waals surface area contributed by atoms with Crippen LogP contribution >= 0.6 is 0 Å². The van der Waals surface area contributed by atoms with Crippen molar-refractivity contribution in [3.05, 3.63) is 41.2 Å². The maximum Gasteiger partial charge on any atom is 0.357 e. The summed E-state index contributed by atoms with van der Waals surface area (Å²) in [6.45, 7) is 3.25. The molecule has 0 atom stereocenters. The van der Waals surface area contributed by atoms with Crippen LogP contribution in [0.4, 0.5) is 11.4 Å². The van der Waals surface area contributed by atoms with Crippen molar-refractivity contribution in [3.8, 4) is 11.8 Å². The second-order valence-corrected chi connectivity index (χ2v) is 4.96. The fourth-order valence-corrected chi connectivity index (χ4v) is 2.25. The van der Waals surface area contributed by atoms with Crippen LogP contribution in [0.15, 0.2) is 24.4 Å². The number of esters is 1. The summed E-state index contributed by atoms with van der Waals surface area (Å²) < 4.78 is 6.24. The zero-order valence-corrected chi connectivity index (χ0v) is 13.0. The number of carbonyl (C=O) groups excluding carboxylic acids is 2. The first-order valence-corrected chi connectivity index (χ1v) is 6.77. The standard InChI is InChI=1S/C16H16N4O3/c1-9-6-12(4-5-13(9)19-10(2)21)20-8-11(7-17)14(18)15(20)16(22)23-3/h4-6,8H,18H2,1-3H3,(H,19,21). The van der Waals surface area contributed by atoms with Crippen LogP contribution in [0.25, 0.3) is 5.69 Å². The molecule has 0 fully saturated rings. The molecular weight excluding hydrogens is 296 g/mol. The smallest absolute Gasteiger partial charge is 0.357 e. The molecule has 7 nitrogen and oxygen atoms in total. The van der Waals surface area contributed by atoms with Gasteiger partial charge in [0.05, 0.1) is 18.4 Å². The number of aryl methyl sites for hydroxylation is 1. The van der Waals surface area contributed by atoms with Crippen LogP contribution in [0.5, 0.6) is 0 Å². The van der Waals surface area contributed by atoms with E-state index in [-0.39, 0.29) is 22.9 Å². The first-order chi connectivity index (χ1) is 10.9. The van der Waals surface area contributed by atoms with E-state index in [0.717, 1.165) is 5.56 Å². The number of hydrogen-bond donors (Lipinski definition) is 2. The van der Waals surface area contributed by atoms with E-state index >= 15 is 0 Å². The number of carbonyl (C=O) groups is 2. The molecule has 1 aromatic heterocycles. The largest absolute Gasteiger partial charge is 0.464 e. The molecule has 0 radical (unpaired) electrons. The molecule has 2 rings (SSSR count). The normalized spacial score (nSPS) is 10.0. The third-order valence-corrected chi connectivity index (χ3v) is 3.34. The van der Waals surface area contributed by atoms with Crippen LogP contribution in [-0.2, 0) is 9.53 Å². The quantitative estimate of drug-likeness (QED) is 0.842. The second-order valence-electron chi connectivity index (χ2n) is 4.96. The van der Waals surface area contributed by atoms with Crippen molar-refractivity contribution < 1.29 is 14.3 Å². The van der Waals surface area contributed by atoms with E-state index in [1.165, 1.54) is 24.8 Å². The highest BCUT2D eigenvalue weighted by Crippen LogP contribution is 2.27. The SMILES string of the molecule is COC(=O)c1c(N)c(C#N)cn1-c1ccc(NC(C)=O)c(C)c1. The molecule has 23 heavy (non-hydrogen) atoms. The fraction of sp³-hybridized carbons (Fsp3) is 0.188. The number of aromatic nitrogens is 1. The third kappa shape index (κ3) is 3.01. The summed E-state index contributed by atoms with van der Waals surface area (Å²) in [6.07, 6.45) is 1.48. The van der Waals surface area contributed by atoms with E-state index in [4.69, 9.17) is 15.7 Å². The Kier molecular flexibility index (Phi) is 4.37. The Bertz CT molecular complexity index is 831. The molecule has 0 unspecified atom stereocenters. The number of nitrogens with zero attached hydrogens (tertiary/aromatic N) is 2. The van der Waals surface area contributed by atoms with Crippen molar-refractivity contribution in [3.63, 3.8) is 0 Å². The molecule has 0 spiro atoms. The molecule has 0 aliphatic rings. The predicted octanol–water partition coefficient (Wildman–Crippen LogP) is 1.98. The molecule has 1 amide bonds. The third-order valence-electron chi connectivity index (χ3n) is 3.34. The predicted molar refractivity (Wildman–Crippen MR) is 85.3 cm³/mol. The van der Waals surface area contributed by atoms with Gasteiger partial charge in [-0.05, 0) is 30.7 Å². The number of nitriles is 1. The van der Waals surface area contributed by atoms with Crippen molar-refractivity contribution in [2.24, 2.45) is 0 Å². The summed E-state index contributed by atoms with van der Waals surface area (Å²) in [7, 11) is 1.25. The number of nitrogen functional groups attached to an aromatic ring is 1. The van der Waals surface area contributed by atoms with Gasteiger partial charge in [-0.1, -0.05) is 0 Å². The van der Waals surface area contributed by atoms with Crippen molar-refractivity contribution in [2.45, 2.75) is 13.8 Å². The molecule has 0 aliphatic carbocycles. The lowest BCUT2D eigenvalue weighted by Gasteiger charge is -2.12. The maximum atomic E-state index is 12.0. The maximum absolute atomic E-state index is 12.0. The highest BCUT2D eigenvalue weighted by molar-refractivity contribution is 5.96. The van der Waals surface area contributed by atoms with Gasteiger partial charge in [0.15, 0.2) is 5.69 Å². The van der Waals surface area contributed by atoms with Crippen molar-refractivity contribution in [2.75, 3.05) is 18.2 Å². The molecule has 0 saturated carbocycles. The summed E-state index contributed by atoms with van der Waals surface area (Å²) in [4.78, 5) is 23.1. The molecule has 118 valence electrons. The minimum Gasteiger partial charge on any atom is -0.464 e. The summed E-state index contributed by atoms with van der Waals surface area (Å²) in [6, 6.07) is 7.15. The van der Waals surface area contributed by atoms with Gasteiger partial charge in [0, 0.05) is 24.5 Å². The van der Waals surface area contributed by atoms with Gasteiger partial charge in [-0.3, -0.25) is 4.79 Å². The van der Waals surface area contributed by atoms with Gasteiger partial charge in [-0.2, -0.15) is 5.26 Å². The molecule has 0 bridgehead atoms. The summed E-state index contributed by atoms with van der Waals surface area (Å²) in [5.74, 6) is -0.805. The number of methoxy groups -OCH3 is 1. The van der Waals surface area contributed by atoms with Crippen molar-refractivity contribution >= 4 is 23.3 Å². The van der Waals surface area contributed by atoms with E-state index in [2.05, 4.69) is 5.32 Å². The number of nitrogens with one attached hydrogen (secondary N) is 1. The summed E-state index contributed by atoms with van der Waals surface area (Å²) >= 11 is 0. The molecule has 1 aromatic carbocycles. The first kappa shape index (κ1) is 16.1. The van der Waals surface area contributed by atoms with Gasteiger partial charge < -0.3 is 20.4 Å². The number of rotatable bonds is 3.